The van der Waals surface area contributed by atoms with Gasteiger partial charge >= 0.3 is 0 Å². The van der Waals surface area contributed by atoms with E-state index in [1.807, 2.05) is 30.6 Å². The molecule has 2 heteroatoms. The van der Waals surface area contributed by atoms with Crippen molar-refractivity contribution in [3.05, 3.63) is 42.7 Å². The highest BCUT2D eigenvalue weighted by atomic mass is 24.3. The molecule has 50 valence electrons. The Hall–Kier alpha value is -0.604. The summed E-state index contributed by atoms with van der Waals surface area (Å²) in [6, 6.07) is 10.2. The molecule has 0 aliphatic heterocycles. The molecular weight excluding hydrogens is 146 g/mol. The first-order valence-electron chi connectivity index (χ1n) is 3.25. The normalized spacial score (nSPS) is 9.09. The second kappa shape index (κ2) is 3.69. The molecule has 0 unspecified atom stereocenters. The average molecular weight is 153 g/mol. The summed E-state index contributed by atoms with van der Waals surface area (Å²) < 4.78 is 0. The third-order valence-corrected chi connectivity index (χ3v) is 1.55. The van der Waals surface area contributed by atoms with Gasteiger partial charge in [-0.05, 0) is 16.8 Å². The van der Waals surface area contributed by atoms with Crippen molar-refractivity contribution >= 4 is 33.8 Å². The van der Waals surface area contributed by atoms with Crippen LogP contribution in [0.3, 0.4) is 0 Å². The number of hydrogen-bond donors (Lipinski definition) is 0. The summed E-state index contributed by atoms with van der Waals surface area (Å²) in [5, 5.41) is 2.45. The molecule has 2 aromatic rings. The molecule has 2 radical (unpaired) electrons. The van der Waals surface area contributed by atoms with E-state index in [1.165, 1.54) is 10.8 Å². The fraction of sp³-hybridized carbons (Fsp3) is 0. The van der Waals surface area contributed by atoms with Crippen LogP contribution in [0, 0.1) is 0 Å². The Morgan fingerprint density at radius 2 is 1.64 bits per heavy atom. The van der Waals surface area contributed by atoms with Crippen LogP contribution in [0.4, 0.5) is 0 Å². The minimum Gasteiger partial charge on any atom is -0.264 e. The Balaban J connectivity index is 0.000000605. The van der Waals surface area contributed by atoms with Gasteiger partial charge in [-0.15, -0.1) is 0 Å². The van der Waals surface area contributed by atoms with Crippen LogP contribution in [0.2, 0.25) is 0 Å². The van der Waals surface area contributed by atoms with E-state index < -0.39 is 0 Å². The zero-order valence-corrected chi connectivity index (χ0v) is 7.61. The predicted molar refractivity (Wildman–Crippen MR) is 47.5 cm³/mol. The molecule has 0 amide bonds. The Bertz CT molecular complexity index is 281. The van der Waals surface area contributed by atoms with E-state index in [9.17, 15) is 0 Å². The lowest BCUT2D eigenvalue weighted by Gasteiger charge is -1.91. The van der Waals surface area contributed by atoms with Crippen LogP contribution in [0.15, 0.2) is 42.7 Å². The maximum Gasteiger partial charge on any atom is 0.0346 e. The number of hydrogen-bond acceptors (Lipinski definition) is 1. The molecule has 1 heterocycles. The molecule has 2 rings (SSSR count). The second-order valence-corrected chi connectivity index (χ2v) is 2.22. The number of fused-ring (bicyclic) bond motifs is 1. The predicted octanol–water partition coefficient (Wildman–Crippen LogP) is 1.85. The first-order chi connectivity index (χ1) is 4.97. The highest BCUT2D eigenvalue weighted by Crippen LogP contribution is 2.09. The van der Waals surface area contributed by atoms with Gasteiger partial charge in [-0.1, -0.05) is 24.3 Å². The topological polar surface area (TPSA) is 12.9 Å². The van der Waals surface area contributed by atoms with Crippen molar-refractivity contribution < 1.29 is 0 Å². The van der Waals surface area contributed by atoms with Gasteiger partial charge in [-0.3, -0.25) is 4.98 Å². The first-order valence-corrected chi connectivity index (χ1v) is 3.25. The molecule has 1 aromatic heterocycles. The zero-order chi connectivity index (χ0) is 6.81. The van der Waals surface area contributed by atoms with Crippen molar-refractivity contribution in [2.24, 2.45) is 0 Å². The minimum atomic E-state index is 0. The van der Waals surface area contributed by atoms with Gasteiger partial charge in [0, 0.05) is 35.4 Å². The van der Waals surface area contributed by atoms with Crippen LogP contribution in [0.5, 0.6) is 0 Å². The SMILES string of the molecule is [Mg].c1ccc2cnccc2c1. The van der Waals surface area contributed by atoms with Crippen molar-refractivity contribution in [2.45, 2.75) is 0 Å². The third-order valence-electron chi connectivity index (χ3n) is 1.55. The Morgan fingerprint density at radius 3 is 2.36 bits per heavy atom. The second-order valence-electron chi connectivity index (χ2n) is 2.22. The molecule has 0 N–H and O–H groups in total. The van der Waals surface area contributed by atoms with Gasteiger partial charge in [0.05, 0.1) is 0 Å². The van der Waals surface area contributed by atoms with Gasteiger partial charge in [-0.25, -0.2) is 0 Å². The van der Waals surface area contributed by atoms with E-state index in [0.717, 1.165) is 0 Å². The van der Waals surface area contributed by atoms with Gasteiger partial charge in [0.25, 0.3) is 0 Å². The number of rotatable bonds is 0. The Morgan fingerprint density at radius 1 is 0.909 bits per heavy atom. The van der Waals surface area contributed by atoms with E-state index in [4.69, 9.17) is 0 Å². The molecule has 0 aliphatic rings. The van der Waals surface area contributed by atoms with Crippen molar-refractivity contribution in [1.29, 1.82) is 0 Å². The zero-order valence-electron chi connectivity index (χ0n) is 6.20. The molecule has 0 saturated heterocycles. The van der Waals surface area contributed by atoms with Crippen molar-refractivity contribution in [2.75, 3.05) is 0 Å². The lowest BCUT2D eigenvalue weighted by Crippen LogP contribution is -1.71. The van der Waals surface area contributed by atoms with E-state index in [0.29, 0.717) is 0 Å². The number of nitrogens with zero attached hydrogens (tertiary/aromatic N) is 1. The molecule has 11 heavy (non-hydrogen) atoms. The van der Waals surface area contributed by atoms with Crippen LogP contribution in [-0.4, -0.2) is 28.0 Å². The molecule has 0 fully saturated rings. The summed E-state index contributed by atoms with van der Waals surface area (Å²) >= 11 is 0. The monoisotopic (exact) mass is 153 g/mol. The van der Waals surface area contributed by atoms with Gasteiger partial charge in [0.1, 0.15) is 0 Å². The molecule has 0 saturated carbocycles. The average Bonchev–Trinajstić information content (AvgIpc) is 2.05. The summed E-state index contributed by atoms with van der Waals surface area (Å²) in [5.74, 6) is 0. The lowest BCUT2D eigenvalue weighted by molar-refractivity contribution is 1.36. The number of aromatic nitrogens is 1. The van der Waals surface area contributed by atoms with Crippen LogP contribution in [0.1, 0.15) is 0 Å². The van der Waals surface area contributed by atoms with Crippen LogP contribution >= 0.6 is 0 Å². The minimum absolute atomic E-state index is 0. The Labute approximate surface area is 81.6 Å². The van der Waals surface area contributed by atoms with Crippen LogP contribution in [-0.2, 0) is 0 Å². The number of pyridine rings is 1. The van der Waals surface area contributed by atoms with Crippen LogP contribution in [0.25, 0.3) is 10.8 Å². The van der Waals surface area contributed by atoms with Gasteiger partial charge in [-0.2, -0.15) is 0 Å². The van der Waals surface area contributed by atoms with E-state index in [2.05, 4.69) is 17.1 Å². The van der Waals surface area contributed by atoms with Crippen molar-refractivity contribution in [3.63, 3.8) is 0 Å². The maximum absolute atomic E-state index is 4.01. The fourth-order valence-corrected chi connectivity index (χ4v) is 1.03. The summed E-state index contributed by atoms with van der Waals surface area (Å²) in [5.41, 5.74) is 0. The largest absolute Gasteiger partial charge is 0.264 e. The maximum atomic E-state index is 4.01. The lowest BCUT2D eigenvalue weighted by atomic mass is 10.2. The van der Waals surface area contributed by atoms with Gasteiger partial charge in [0.2, 0.25) is 0 Å². The summed E-state index contributed by atoms with van der Waals surface area (Å²) in [7, 11) is 0. The van der Waals surface area contributed by atoms with Crippen LogP contribution < -0.4 is 0 Å². The fourth-order valence-electron chi connectivity index (χ4n) is 1.03. The highest BCUT2D eigenvalue weighted by Gasteiger charge is 1.86. The summed E-state index contributed by atoms with van der Waals surface area (Å²) in [6.07, 6.45) is 3.68. The molecule has 1 aromatic carbocycles. The Kier molecular flexibility index (Phi) is 2.85. The van der Waals surface area contributed by atoms with E-state index in [-0.39, 0.29) is 23.1 Å². The number of benzene rings is 1. The molecule has 0 aliphatic carbocycles. The van der Waals surface area contributed by atoms with E-state index in [1.54, 1.807) is 0 Å². The summed E-state index contributed by atoms with van der Waals surface area (Å²) in [4.78, 5) is 4.01. The first kappa shape index (κ1) is 8.49. The molecule has 0 bridgehead atoms. The highest BCUT2D eigenvalue weighted by molar-refractivity contribution is 5.80. The van der Waals surface area contributed by atoms with Gasteiger partial charge < -0.3 is 0 Å². The van der Waals surface area contributed by atoms with Gasteiger partial charge in [0.15, 0.2) is 0 Å². The smallest absolute Gasteiger partial charge is 0.0346 e. The molecule has 1 nitrogen and oxygen atoms in total. The standard InChI is InChI=1S/C9H7N.Mg/c1-2-4-9-7-10-6-5-8(9)3-1;/h1-7H;. The van der Waals surface area contributed by atoms with Crippen molar-refractivity contribution in [3.8, 4) is 0 Å². The van der Waals surface area contributed by atoms with E-state index >= 15 is 0 Å². The molecule has 0 atom stereocenters. The third kappa shape index (κ3) is 1.70. The molecular formula is C9H7MgN. The summed E-state index contributed by atoms with van der Waals surface area (Å²) in [6.45, 7) is 0. The van der Waals surface area contributed by atoms with Crippen molar-refractivity contribution in [1.82, 2.24) is 4.98 Å². The quantitative estimate of drug-likeness (QED) is 0.527. The molecule has 0 spiro atoms.